The molecule has 0 unspecified atom stereocenters. The summed E-state index contributed by atoms with van der Waals surface area (Å²) in [6.07, 6.45) is 2.66. The highest BCUT2D eigenvalue weighted by atomic mass is 16.2. The van der Waals surface area contributed by atoms with Gasteiger partial charge in [0, 0.05) is 26.2 Å². The van der Waals surface area contributed by atoms with E-state index in [1.165, 1.54) is 11.1 Å². The minimum Gasteiger partial charge on any atom is -0.355 e. The number of benzene rings is 2. The molecule has 1 aliphatic rings. The molecule has 0 aliphatic carbocycles. The lowest BCUT2D eigenvalue weighted by molar-refractivity contribution is -0.123. The Balaban J connectivity index is 1.29. The molecule has 2 N–H and O–H groups in total. The Kier molecular flexibility index (Phi) is 9.54. The van der Waals surface area contributed by atoms with Crippen LogP contribution >= 0.6 is 0 Å². The van der Waals surface area contributed by atoms with Crippen LogP contribution in [0.25, 0.3) is 0 Å². The van der Waals surface area contributed by atoms with Gasteiger partial charge in [0.2, 0.25) is 11.8 Å². The van der Waals surface area contributed by atoms with E-state index in [4.69, 9.17) is 0 Å². The number of carbonyl (C=O) groups excluding carboxylic acids is 2. The van der Waals surface area contributed by atoms with Crippen molar-refractivity contribution in [3.63, 3.8) is 0 Å². The second-order valence-corrected chi connectivity index (χ2v) is 8.08. The Morgan fingerprint density at radius 1 is 0.645 bits per heavy atom. The largest absolute Gasteiger partial charge is 0.355 e. The molecule has 1 saturated heterocycles. The van der Waals surface area contributed by atoms with Crippen molar-refractivity contribution in [2.45, 2.75) is 19.3 Å². The molecule has 0 aromatic heterocycles. The second kappa shape index (κ2) is 12.9. The lowest BCUT2D eigenvalue weighted by atomic mass is 10.1. The van der Waals surface area contributed by atoms with Gasteiger partial charge in [-0.1, -0.05) is 60.7 Å². The predicted molar refractivity (Wildman–Crippen MR) is 124 cm³/mol. The molecule has 0 bridgehead atoms. The number of carbonyl (C=O) groups is 2. The van der Waals surface area contributed by atoms with Gasteiger partial charge in [0.15, 0.2) is 0 Å². The van der Waals surface area contributed by atoms with Gasteiger partial charge in [-0.2, -0.15) is 0 Å². The highest BCUT2D eigenvalue weighted by molar-refractivity contribution is 5.78. The van der Waals surface area contributed by atoms with Crippen LogP contribution < -0.4 is 10.6 Å². The van der Waals surface area contributed by atoms with E-state index in [0.29, 0.717) is 26.2 Å². The molecule has 0 spiro atoms. The first-order valence-electron chi connectivity index (χ1n) is 11.2. The fraction of sp³-hybridized carbons (Fsp3) is 0.440. The lowest BCUT2D eigenvalue weighted by Gasteiger charge is -2.21. The fourth-order valence-corrected chi connectivity index (χ4v) is 3.84. The van der Waals surface area contributed by atoms with Crippen molar-refractivity contribution >= 4 is 11.8 Å². The predicted octanol–water partition coefficient (Wildman–Crippen LogP) is 1.71. The van der Waals surface area contributed by atoms with Crippen molar-refractivity contribution in [2.24, 2.45) is 0 Å². The molecule has 31 heavy (non-hydrogen) atoms. The van der Waals surface area contributed by atoms with Crippen LogP contribution in [0.3, 0.4) is 0 Å². The molecule has 1 aliphatic heterocycles. The summed E-state index contributed by atoms with van der Waals surface area (Å²) in [5.74, 6) is 0.145. The maximum Gasteiger partial charge on any atom is 0.234 e. The van der Waals surface area contributed by atoms with Gasteiger partial charge in [0.25, 0.3) is 0 Å². The minimum atomic E-state index is 0.0723. The van der Waals surface area contributed by atoms with E-state index in [1.54, 1.807) is 0 Å². The smallest absolute Gasteiger partial charge is 0.234 e. The first-order valence-corrected chi connectivity index (χ1v) is 11.2. The van der Waals surface area contributed by atoms with E-state index in [1.807, 2.05) is 36.4 Å². The maximum atomic E-state index is 12.3. The van der Waals surface area contributed by atoms with Gasteiger partial charge in [0.1, 0.15) is 0 Å². The molecular formula is C25H34N4O2. The molecule has 6 nitrogen and oxygen atoms in total. The molecule has 2 aromatic carbocycles. The van der Waals surface area contributed by atoms with Crippen LogP contribution in [0, 0.1) is 0 Å². The zero-order valence-corrected chi connectivity index (χ0v) is 18.3. The van der Waals surface area contributed by atoms with E-state index < -0.39 is 0 Å². The van der Waals surface area contributed by atoms with Crippen molar-refractivity contribution in [1.82, 2.24) is 20.4 Å². The van der Waals surface area contributed by atoms with Crippen molar-refractivity contribution in [2.75, 3.05) is 52.4 Å². The second-order valence-electron chi connectivity index (χ2n) is 8.08. The number of hydrogen-bond acceptors (Lipinski definition) is 4. The van der Waals surface area contributed by atoms with E-state index in [-0.39, 0.29) is 11.8 Å². The van der Waals surface area contributed by atoms with Crippen molar-refractivity contribution in [1.29, 1.82) is 0 Å². The monoisotopic (exact) mass is 422 g/mol. The van der Waals surface area contributed by atoms with Gasteiger partial charge in [-0.3, -0.25) is 19.4 Å². The van der Waals surface area contributed by atoms with E-state index in [0.717, 1.165) is 45.4 Å². The van der Waals surface area contributed by atoms with Gasteiger partial charge in [-0.05, 0) is 43.5 Å². The average molecular weight is 423 g/mol. The molecule has 0 saturated carbocycles. The molecule has 0 radical (unpaired) electrons. The summed E-state index contributed by atoms with van der Waals surface area (Å²) in [5, 5.41) is 6.04. The van der Waals surface area contributed by atoms with Crippen LogP contribution in [0.15, 0.2) is 60.7 Å². The Morgan fingerprint density at radius 2 is 1.06 bits per heavy atom. The Morgan fingerprint density at radius 3 is 1.48 bits per heavy atom. The summed E-state index contributed by atoms with van der Waals surface area (Å²) in [6, 6.07) is 20.4. The molecule has 1 fully saturated rings. The zero-order valence-electron chi connectivity index (χ0n) is 18.3. The minimum absolute atomic E-state index is 0.0723. The molecule has 3 rings (SSSR count). The van der Waals surface area contributed by atoms with Crippen LogP contribution in [0.1, 0.15) is 17.5 Å². The van der Waals surface area contributed by atoms with Crippen molar-refractivity contribution in [3.8, 4) is 0 Å². The normalized spacial score (nSPS) is 15.2. The summed E-state index contributed by atoms with van der Waals surface area (Å²) in [5.41, 5.74) is 2.46. The number of amides is 2. The van der Waals surface area contributed by atoms with Crippen LogP contribution in [0.2, 0.25) is 0 Å². The van der Waals surface area contributed by atoms with Gasteiger partial charge in [0.05, 0.1) is 13.1 Å². The van der Waals surface area contributed by atoms with Crippen LogP contribution in [-0.2, 0) is 22.4 Å². The first kappa shape index (κ1) is 23.0. The quantitative estimate of drug-likeness (QED) is 0.612. The van der Waals surface area contributed by atoms with Crippen LogP contribution in [-0.4, -0.2) is 74.0 Å². The number of rotatable bonds is 10. The molecule has 2 aromatic rings. The summed E-state index contributed by atoms with van der Waals surface area (Å²) in [7, 11) is 0. The number of hydrogen-bond donors (Lipinski definition) is 2. The van der Waals surface area contributed by atoms with Gasteiger partial charge >= 0.3 is 0 Å². The Hall–Kier alpha value is -2.70. The van der Waals surface area contributed by atoms with Gasteiger partial charge in [-0.15, -0.1) is 0 Å². The van der Waals surface area contributed by atoms with Crippen molar-refractivity contribution < 1.29 is 9.59 Å². The average Bonchev–Trinajstić information content (AvgIpc) is 3.00. The summed E-state index contributed by atoms with van der Waals surface area (Å²) in [4.78, 5) is 28.9. The van der Waals surface area contributed by atoms with Crippen LogP contribution in [0.5, 0.6) is 0 Å². The third kappa shape index (κ3) is 8.90. The zero-order chi connectivity index (χ0) is 21.7. The lowest BCUT2D eigenvalue weighted by Crippen LogP contribution is -2.41. The van der Waals surface area contributed by atoms with Gasteiger partial charge in [-0.25, -0.2) is 0 Å². The third-order valence-electron chi connectivity index (χ3n) is 5.57. The Labute approximate surface area is 185 Å². The molecule has 166 valence electrons. The highest BCUT2D eigenvalue weighted by Gasteiger charge is 2.18. The van der Waals surface area contributed by atoms with E-state index in [9.17, 15) is 9.59 Å². The molecule has 2 amide bonds. The summed E-state index contributed by atoms with van der Waals surface area (Å²) < 4.78 is 0. The number of nitrogens with one attached hydrogen (secondary N) is 2. The molecule has 1 heterocycles. The maximum absolute atomic E-state index is 12.3. The fourth-order valence-electron chi connectivity index (χ4n) is 3.84. The van der Waals surface area contributed by atoms with E-state index >= 15 is 0 Å². The first-order chi connectivity index (χ1) is 15.2. The van der Waals surface area contributed by atoms with Crippen molar-refractivity contribution in [3.05, 3.63) is 71.8 Å². The highest BCUT2D eigenvalue weighted by Crippen LogP contribution is 2.03. The molecule has 6 heteroatoms. The summed E-state index contributed by atoms with van der Waals surface area (Å²) >= 11 is 0. The standard InChI is InChI=1S/C25H34N4O2/c30-24(26-14-12-22-8-3-1-4-9-22)20-28-16-7-17-29(19-18-28)21-25(31)27-15-13-23-10-5-2-6-11-23/h1-6,8-11H,7,12-21H2,(H,26,30)(H,27,31). The van der Waals surface area contributed by atoms with E-state index in [2.05, 4.69) is 44.7 Å². The number of nitrogens with zero attached hydrogens (tertiary/aromatic N) is 2. The molecule has 0 atom stereocenters. The van der Waals surface area contributed by atoms with Gasteiger partial charge < -0.3 is 10.6 Å². The topological polar surface area (TPSA) is 64.7 Å². The third-order valence-corrected chi connectivity index (χ3v) is 5.57. The van der Waals surface area contributed by atoms with Crippen LogP contribution in [0.4, 0.5) is 0 Å². The Bertz CT molecular complexity index is 730. The summed E-state index contributed by atoms with van der Waals surface area (Å²) in [6.45, 7) is 5.55. The molecular weight excluding hydrogens is 388 g/mol. The SMILES string of the molecule is O=C(CN1CCCN(CC(=O)NCCc2ccccc2)CC1)NCCc1ccccc1.